The molecule has 2 aromatic rings. The summed E-state index contributed by atoms with van der Waals surface area (Å²) >= 11 is 0. The van der Waals surface area contributed by atoms with Crippen molar-refractivity contribution in [3.8, 4) is 0 Å². The summed E-state index contributed by atoms with van der Waals surface area (Å²) in [5.74, 6) is -0.965. The number of benzene rings is 2. The van der Waals surface area contributed by atoms with Crippen molar-refractivity contribution < 1.29 is 22.0 Å². The van der Waals surface area contributed by atoms with Crippen molar-refractivity contribution in [3.63, 3.8) is 0 Å². The molecule has 3 N–H and O–H groups in total. The molecule has 180 valence electrons. The maximum Gasteiger partial charge on any atom is 0.323 e. The first-order valence-electron chi connectivity index (χ1n) is 10.6. The maximum atomic E-state index is 14.1. The fourth-order valence-electron chi connectivity index (χ4n) is 3.55. The number of rotatable bonds is 8. The van der Waals surface area contributed by atoms with E-state index in [0.29, 0.717) is 23.5 Å². The molecule has 0 spiro atoms. The van der Waals surface area contributed by atoms with Crippen molar-refractivity contribution in [1.29, 1.82) is 0 Å². The fourth-order valence-corrected chi connectivity index (χ4v) is 4.25. The van der Waals surface area contributed by atoms with Crippen LogP contribution < -0.4 is 16.0 Å². The Kier molecular flexibility index (Phi) is 8.35. The second-order valence-electron chi connectivity index (χ2n) is 8.23. The number of likely N-dealkylation sites (tertiary alicyclic amines) is 1. The van der Waals surface area contributed by atoms with E-state index in [1.54, 1.807) is 6.07 Å². The van der Waals surface area contributed by atoms with E-state index in [-0.39, 0.29) is 11.9 Å². The number of carbonyl (C=O) groups is 1. The second kappa shape index (κ2) is 11.0. The molecule has 0 aliphatic carbocycles. The minimum Gasteiger partial charge on any atom is -0.308 e. The van der Waals surface area contributed by atoms with Crippen LogP contribution in [-0.2, 0) is 16.6 Å². The first kappa shape index (κ1) is 25.0. The summed E-state index contributed by atoms with van der Waals surface area (Å²) in [5, 5.41) is 8.27. The molecule has 1 saturated heterocycles. The van der Waals surface area contributed by atoms with Gasteiger partial charge in [0.2, 0.25) is 10.0 Å². The number of urea groups is 1. The molecule has 3 rings (SSSR count). The maximum absolute atomic E-state index is 14.1. The standard InChI is InChI=1S/C22H29F2N5O3S/c1-28(2)33(31,32)15-25-19-7-9-29(10-8-19)14-16-11-18(24)13-21(12-16)27-22(30)26-20-5-3-17(23)4-6-20/h3-6,11-13,19,25H,7-10,14-15H2,1-2H3,(H2,26,27,30). The average molecular weight is 482 g/mol. The summed E-state index contributed by atoms with van der Waals surface area (Å²) in [5.41, 5.74) is 1.45. The van der Waals surface area contributed by atoms with E-state index in [9.17, 15) is 22.0 Å². The summed E-state index contributed by atoms with van der Waals surface area (Å²) in [7, 11) is -0.274. The molecule has 1 aliphatic rings. The van der Waals surface area contributed by atoms with Crippen LogP contribution in [0.3, 0.4) is 0 Å². The largest absolute Gasteiger partial charge is 0.323 e. The van der Waals surface area contributed by atoms with Crippen molar-refractivity contribution in [2.24, 2.45) is 0 Å². The van der Waals surface area contributed by atoms with Gasteiger partial charge in [0.15, 0.2) is 0 Å². The molecule has 0 bridgehead atoms. The van der Waals surface area contributed by atoms with E-state index in [4.69, 9.17) is 0 Å². The summed E-state index contributed by atoms with van der Waals surface area (Å²) in [6.45, 7) is 1.99. The quantitative estimate of drug-likeness (QED) is 0.539. The van der Waals surface area contributed by atoms with E-state index < -0.39 is 27.7 Å². The first-order valence-corrected chi connectivity index (χ1v) is 12.2. The van der Waals surface area contributed by atoms with Gasteiger partial charge in [-0.05, 0) is 74.0 Å². The van der Waals surface area contributed by atoms with Crippen LogP contribution in [0.2, 0.25) is 0 Å². The predicted molar refractivity (Wildman–Crippen MR) is 124 cm³/mol. The van der Waals surface area contributed by atoms with Gasteiger partial charge in [-0.3, -0.25) is 10.2 Å². The Morgan fingerprint density at radius 2 is 1.64 bits per heavy atom. The van der Waals surface area contributed by atoms with Crippen molar-refractivity contribution in [1.82, 2.24) is 14.5 Å². The van der Waals surface area contributed by atoms with E-state index in [2.05, 4.69) is 20.9 Å². The van der Waals surface area contributed by atoms with Crippen LogP contribution in [0.25, 0.3) is 0 Å². The minimum atomic E-state index is -3.29. The lowest BCUT2D eigenvalue weighted by atomic mass is 10.0. The van der Waals surface area contributed by atoms with Crippen molar-refractivity contribution in [3.05, 3.63) is 59.7 Å². The van der Waals surface area contributed by atoms with Crippen LogP contribution in [0.4, 0.5) is 25.0 Å². The molecule has 2 aromatic carbocycles. The molecular formula is C22H29F2N5O3S. The van der Waals surface area contributed by atoms with Crippen LogP contribution in [0, 0.1) is 11.6 Å². The average Bonchev–Trinajstić information content (AvgIpc) is 2.74. The van der Waals surface area contributed by atoms with E-state index >= 15 is 0 Å². The number of amides is 2. The predicted octanol–water partition coefficient (Wildman–Crippen LogP) is 3.01. The molecular weight excluding hydrogens is 452 g/mol. The van der Waals surface area contributed by atoms with Gasteiger partial charge in [0.1, 0.15) is 17.5 Å². The fraction of sp³-hybridized carbons (Fsp3) is 0.409. The number of nitrogens with one attached hydrogen (secondary N) is 3. The third-order valence-corrected chi connectivity index (χ3v) is 7.07. The number of anilines is 2. The monoisotopic (exact) mass is 481 g/mol. The van der Waals surface area contributed by atoms with Crippen LogP contribution in [0.15, 0.2) is 42.5 Å². The Morgan fingerprint density at radius 3 is 2.27 bits per heavy atom. The molecule has 0 unspecified atom stereocenters. The van der Waals surface area contributed by atoms with Crippen molar-refractivity contribution in [2.75, 3.05) is 43.7 Å². The molecule has 0 atom stereocenters. The Hall–Kier alpha value is -2.60. The zero-order chi connectivity index (χ0) is 24.0. The van der Waals surface area contributed by atoms with E-state index in [1.807, 2.05) is 0 Å². The van der Waals surface area contributed by atoms with Crippen LogP contribution in [0.1, 0.15) is 18.4 Å². The molecule has 2 amide bonds. The SMILES string of the molecule is CN(C)S(=O)(=O)CNC1CCN(Cc2cc(F)cc(NC(=O)Nc3ccc(F)cc3)c2)CC1. The number of nitrogens with zero attached hydrogens (tertiary/aromatic N) is 2. The molecule has 0 saturated carbocycles. The van der Waals surface area contributed by atoms with E-state index in [0.717, 1.165) is 25.9 Å². The lowest BCUT2D eigenvalue weighted by Crippen LogP contribution is -2.45. The smallest absolute Gasteiger partial charge is 0.308 e. The van der Waals surface area contributed by atoms with Crippen LogP contribution in [-0.4, -0.2) is 62.8 Å². The van der Waals surface area contributed by atoms with Gasteiger partial charge in [-0.25, -0.2) is 26.3 Å². The summed E-state index contributed by atoms with van der Waals surface area (Å²) in [6.07, 6.45) is 1.56. The molecule has 0 aromatic heterocycles. The zero-order valence-electron chi connectivity index (χ0n) is 18.6. The highest BCUT2D eigenvalue weighted by atomic mass is 32.2. The summed E-state index contributed by atoms with van der Waals surface area (Å²) in [6, 6.07) is 9.24. The minimum absolute atomic E-state index is 0.0937. The van der Waals surface area contributed by atoms with Gasteiger partial charge in [-0.2, -0.15) is 0 Å². The van der Waals surface area contributed by atoms with Crippen molar-refractivity contribution in [2.45, 2.75) is 25.4 Å². The van der Waals surface area contributed by atoms with Gasteiger partial charge in [0.05, 0.1) is 0 Å². The highest BCUT2D eigenvalue weighted by Crippen LogP contribution is 2.19. The lowest BCUT2D eigenvalue weighted by Gasteiger charge is -2.32. The summed E-state index contributed by atoms with van der Waals surface area (Å²) < 4.78 is 52.1. The van der Waals surface area contributed by atoms with Gasteiger partial charge < -0.3 is 10.6 Å². The topological polar surface area (TPSA) is 93.8 Å². The Balaban J connectivity index is 1.51. The number of hydrogen-bond acceptors (Lipinski definition) is 5. The summed E-state index contributed by atoms with van der Waals surface area (Å²) in [4.78, 5) is 14.4. The number of carbonyl (C=O) groups excluding carboxylic acids is 1. The number of halogens is 2. The number of hydrogen-bond donors (Lipinski definition) is 3. The highest BCUT2D eigenvalue weighted by molar-refractivity contribution is 7.89. The molecule has 1 fully saturated rings. The Bertz CT molecular complexity index is 1060. The molecule has 1 aliphatic heterocycles. The highest BCUT2D eigenvalue weighted by Gasteiger charge is 2.22. The van der Waals surface area contributed by atoms with E-state index in [1.165, 1.54) is 54.8 Å². The van der Waals surface area contributed by atoms with Gasteiger partial charge in [-0.15, -0.1) is 0 Å². The van der Waals surface area contributed by atoms with Crippen LogP contribution >= 0.6 is 0 Å². The van der Waals surface area contributed by atoms with Crippen LogP contribution in [0.5, 0.6) is 0 Å². The Morgan fingerprint density at radius 1 is 1.00 bits per heavy atom. The lowest BCUT2D eigenvalue weighted by molar-refractivity contribution is 0.193. The third kappa shape index (κ3) is 7.74. The molecule has 11 heteroatoms. The van der Waals surface area contributed by atoms with Gasteiger partial charge in [0.25, 0.3) is 0 Å². The third-order valence-electron chi connectivity index (χ3n) is 5.42. The molecule has 33 heavy (non-hydrogen) atoms. The zero-order valence-corrected chi connectivity index (χ0v) is 19.5. The number of sulfonamides is 1. The van der Waals surface area contributed by atoms with Gasteiger partial charge in [0, 0.05) is 38.1 Å². The van der Waals surface area contributed by atoms with Gasteiger partial charge in [-0.1, -0.05) is 0 Å². The molecule has 1 heterocycles. The van der Waals surface area contributed by atoms with Gasteiger partial charge >= 0.3 is 6.03 Å². The molecule has 8 nitrogen and oxygen atoms in total. The molecule has 0 radical (unpaired) electrons. The second-order valence-corrected chi connectivity index (χ2v) is 10.4. The normalized spacial score (nSPS) is 15.5. The number of piperidine rings is 1. The Labute approximate surface area is 193 Å². The first-order chi connectivity index (χ1) is 15.6. The van der Waals surface area contributed by atoms with Crippen molar-refractivity contribution >= 4 is 27.4 Å².